The first kappa shape index (κ1) is 19.3. The van der Waals surface area contributed by atoms with Crippen molar-refractivity contribution in [2.45, 2.75) is 17.9 Å². The van der Waals surface area contributed by atoms with Gasteiger partial charge in [-0.15, -0.1) is 23.5 Å². The van der Waals surface area contributed by atoms with E-state index in [0.717, 1.165) is 47.8 Å². The number of benzene rings is 2. The van der Waals surface area contributed by atoms with Gasteiger partial charge in [0.25, 0.3) is 5.69 Å². The van der Waals surface area contributed by atoms with Gasteiger partial charge in [0.2, 0.25) is 5.82 Å². The molecule has 0 radical (unpaired) electrons. The number of thioether (sulfide) groups is 2. The molecule has 0 N–H and O–H groups in total. The summed E-state index contributed by atoms with van der Waals surface area (Å²) in [4.78, 5) is 21.0. The van der Waals surface area contributed by atoms with Crippen molar-refractivity contribution in [3.63, 3.8) is 0 Å². The molecule has 0 amide bonds. The topological polar surface area (TPSA) is 86.3 Å². The maximum atomic E-state index is 14.9. The maximum Gasteiger partial charge on any atom is 0.305 e. The normalized spacial score (nSPS) is 15.1. The van der Waals surface area contributed by atoms with Crippen LogP contribution in [0.3, 0.4) is 0 Å². The second-order valence-electron chi connectivity index (χ2n) is 5.88. The fourth-order valence-corrected chi connectivity index (χ4v) is 5.58. The Morgan fingerprint density at radius 1 is 0.815 bits per heavy atom. The van der Waals surface area contributed by atoms with Crippen molar-refractivity contribution in [2.24, 2.45) is 0 Å². The quantitative estimate of drug-likeness (QED) is 0.485. The predicted octanol–water partition coefficient (Wildman–Crippen LogP) is 5.55. The van der Waals surface area contributed by atoms with Gasteiger partial charge in [-0.2, -0.15) is 4.39 Å². The van der Waals surface area contributed by atoms with Gasteiger partial charge in [-0.05, 0) is 47.9 Å². The zero-order valence-electron chi connectivity index (χ0n) is 14.1. The van der Waals surface area contributed by atoms with Crippen LogP contribution in [0.15, 0.2) is 35.1 Å². The van der Waals surface area contributed by atoms with Gasteiger partial charge in [0, 0.05) is 23.3 Å². The molecule has 2 aromatic carbocycles. The molecule has 0 spiro atoms. The first-order valence-electron chi connectivity index (χ1n) is 7.58. The number of nitro benzene ring substituents is 2. The minimum Gasteiger partial charge on any atom is -0.258 e. The summed E-state index contributed by atoms with van der Waals surface area (Å²) in [7, 11) is 0. The highest BCUT2D eigenvalue weighted by molar-refractivity contribution is 8.23. The van der Waals surface area contributed by atoms with Gasteiger partial charge < -0.3 is 0 Å². The SMILES string of the molecule is Cc1cc(F)c(C2(c3cc([N+](=O)[O-])c(F)cc3C)SC=CS2)cc1[N+](=O)[O-]. The van der Waals surface area contributed by atoms with Crippen molar-refractivity contribution in [2.75, 3.05) is 0 Å². The van der Waals surface area contributed by atoms with Crippen molar-refractivity contribution < 1.29 is 18.6 Å². The predicted molar refractivity (Wildman–Crippen MR) is 101 cm³/mol. The van der Waals surface area contributed by atoms with Crippen LogP contribution in [0.4, 0.5) is 20.2 Å². The number of halogens is 2. The lowest BCUT2D eigenvalue weighted by atomic mass is 9.96. The van der Waals surface area contributed by atoms with E-state index in [1.807, 2.05) is 0 Å². The fraction of sp³-hybridized carbons (Fsp3) is 0.176. The Kier molecular flexibility index (Phi) is 4.96. The van der Waals surface area contributed by atoms with Gasteiger partial charge in [-0.25, -0.2) is 4.39 Å². The number of rotatable bonds is 4. The summed E-state index contributed by atoms with van der Waals surface area (Å²) < 4.78 is 27.6. The number of nitrogens with zero attached hydrogens (tertiary/aromatic N) is 2. The van der Waals surface area contributed by atoms with E-state index in [9.17, 15) is 29.0 Å². The lowest BCUT2D eigenvalue weighted by Crippen LogP contribution is -2.21. The van der Waals surface area contributed by atoms with E-state index in [2.05, 4.69) is 0 Å². The van der Waals surface area contributed by atoms with E-state index >= 15 is 0 Å². The van der Waals surface area contributed by atoms with Gasteiger partial charge in [-0.1, -0.05) is 0 Å². The molecule has 1 aliphatic heterocycles. The van der Waals surface area contributed by atoms with Crippen LogP contribution in [-0.2, 0) is 4.08 Å². The monoisotopic (exact) mass is 410 g/mol. The minimum absolute atomic E-state index is 0.00352. The Hall–Kier alpha value is -2.46. The molecule has 140 valence electrons. The molecule has 0 saturated heterocycles. The van der Waals surface area contributed by atoms with Crippen molar-refractivity contribution in [3.05, 3.63) is 89.2 Å². The van der Waals surface area contributed by atoms with E-state index in [4.69, 9.17) is 0 Å². The van der Waals surface area contributed by atoms with Crippen LogP contribution in [0.25, 0.3) is 0 Å². The van der Waals surface area contributed by atoms with Crippen LogP contribution >= 0.6 is 23.5 Å². The highest BCUT2D eigenvalue weighted by Gasteiger charge is 2.43. The molecule has 10 heteroatoms. The Morgan fingerprint density at radius 2 is 1.33 bits per heavy atom. The summed E-state index contributed by atoms with van der Waals surface area (Å²) in [5.41, 5.74) is -0.127. The van der Waals surface area contributed by atoms with Gasteiger partial charge >= 0.3 is 5.69 Å². The van der Waals surface area contributed by atoms with E-state index in [1.165, 1.54) is 6.92 Å². The molecule has 2 aromatic rings. The first-order chi connectivity index (χ1) is 12.7. The van der Waals surface area contributed by atoms with E-state index < -0.39 is 31.2 Å². The minimum atomic E-state index is -1.23. The molecule has 0 saturated carbocycles. The van der Waals surface area contributed by atoms with Crippen molar-refractivity contribution >= 4 is 34.9 Å². The largest absolute Gasteiger partial charge is 0.305 e. The molecule has 0 aromatic heterocycles. The Bertz CT molecular complexity index is 931. The summed E-state index contributed by atoms with van der Waals surface area (Å²) >= 11 is 2.30. The molecule has 0 fully saturated rings. The molecule has 27 heavy (non-hydrogen) atoms. The van der Waals surface area contributed by atoms with Gasteiger partial charge in [0.1, 0.15) is 9.90 Å². The fourth-order valence-electron chi connectivity index (χ4n) is 2.94. The summed E-state index contributed by atoms with van der Waals surface area (Å²) in [6.45, 7) is 2.99. The summed E-state index contributed by atoms with van der Waals surface area (Å²) in [5.74, 6) is -1.67. The van der Waals surface area contributed by atoms with Crippen molar-refractivity contribution in [1.29, 1.82) is 0 Å². The van der Waals surface area contributed by atoms with Crippen molar-refractivity contribution in [1.82, 2.24) is 0 Å². The summed E-state index contributed by atoms with van der Waals surface area (Å²) in [6.07, 6.45) is 0. The van der Waals surface area contributed by atoms with Crippen LogP contribution in [0.5, 0.6) is 0 Å². The van der Waals surface area contributed by atoms with Crippen LogP contribution in [0.2, 0.25) is 0 Å². The first-order valence-corrected chi connectivity index (χ1v) is 9.34. The molecular formula is C17H12F2N2O4S2. The van der Waals surface area contributed by atoms with E-state index in [1.54, 1.807) is 17.7 Å². The summed E-state index contributed by atoms with van der Waals surface area (Å²) in [5, 5.41) is 25.8. The second kappa shape index (κ2) is 6.93. The third kappa shape index (κ3) is 3.19. The molecule has 0 atom stereocenters. The summed E-state index contributed by atoms with van der Waals surface area (Å²) in [6, 6.07) is 4.31. The molecule has 0 bridgehead atoms. The van der Waals surface area contributed by atoms with E-state index in [-0.39, 0.29) is 16.8 Å². The highest BCUT2D eigenvalue weighted by Crippen LogP contribution is 2.59. The zero-order valence-corrected chi connectivity index (χ0v) is 15.7. The third-order valence-electron chi connectivity index (χ3n) is 4.21. The van der Waals surface area contributed by atoms with Gasteiger partial charge in [0.15, 0.2) is 0 Å². The molecule has 0 unspecified atom stereocenters. The van der Waals surface area contributed by atoms with Gasteiger partial charge in [-0.3, -0.25) is 20.2 Å². The number of aryl methyl sites for hydroxylation is 2. The van der Waals surface area contributed by atoms with Crippen LogP contribution < -0.4 is 0 Å². The van der Waals surface area contributed by atoms with Crippen LogP contribution in [0.1, 0.15) is 22.3 Å². The van der Waals surface area contributed by atoms with E-state index in [0.29, 0.717) is 11.1 Å². The van der Waals surface area contributed by atoms with Gasteiger partial charge in [0.05, 0.1) is 9.85 Å². The highest BCUT2D eigenvalue weighted by atomic mass is 32.2. The lowest BCUT2D eigenvalue weighted by Gasteiger charge is -2.30. The smallest absolute Gasteiger partial charge is 0.258 e. The molecule has 1 heterocycles. The maximum absolute atomic E-state index is 14.9. The molecule has 3 rings (SSSR count). The standard InChI is InChI=1S/C17H12F2N2O4S2/c1-9-5-14(19)16(21(24)25)7-11(9)17(26-3-4-27-17)12-8-15(20(22)23)10(2)6-13(12)18/h3-8H,1-2H3. The number of hydrogen-bond acceptors (Lipinski definition) is 6. The Morgan fingerprint density at radius 3 is 1.89 bits per heavy atom. The molecule has 6 nitrogen and oxygen atoms in total. The molecular weight excluding hydrogens is 398 g/mol. The average molecular weight is 410 g/mol. The van der Waals surface area contributed by atoms with Crippen molar-refractivity contribution in [3.8, 4) is 0 Å². The van der Waals surface area contributed by atoms with Crippen LogP contribution in [-0.4, -0.2) is 9.85 Å². The Balaban J connectivity index is 2.32. The Labute approximate surface area is 161 Å². The van der Waals surface area contributed by atoms with Crippen LogP contribution in [0, 0.1) is 45.7 Å². The number of hydrogen-bond donors (Lipinski definition) is 0. The molecule has 1 aliphatic rings. The number of nitro groups is 2. The zero-order chi connectivity index (χ0) is 19.9. The third-order valence-corrected chi connectivity index (χ3v) is 7.04. The lowest BCUT2D eigenvalue weighted by molar-refractivity contribution is -0.387. The second-order valence-corrected chi connectivity index (χ2v) is 8.37. The average Bonchev–Trinajstić information content (AvgIpc) is 3.04. The molecule has 0 aliphatic carbocycles.